The molecule has 1 aromatic carbocycles. The highest BCUT2D eigenvalue weighted by atomic mass is 15.4. The Bertz CT molecular complexity index is 540. The molecule has 0 saturated carbocycles. The monoisotopic (exact) mass is 268 g/mol. The standard InChI is InChI=1S/C18H24N2/c1-5-9-17(15(3)6-2)19-12-13-20(14-19)18-11-8-7-10-16(18)4/h5-11H,2,12-14H2,1,3-4H3/b9-5-,17-15+. The molecule has 0 bridgehead atoms. The Hall–Kier alpha value is -1.96. The Morgan fingerprint density at radius 1 is 1.25 bits per heavy atom. The summed E-state index contributed by atoms with van der Waals surface area (Å²) in [6, 6.07) is 8.59. The van der Waals surface area contributed by atoms with Crippen molar-refractivity contribution < 1.29 is 0 Å². The highest BCUT2D eigenvalue weighted by molar-refractivity contribution is 5.54. The first-order valence-corrected chi connectivity index (χ1v) is 7.19. The molecule has 1 heterocycles. The van der Waals surface area contributed by atoms with Gasteiger partial charge in [-0.2, -0.15) is 0 Å². The lowest BCUT2D eigenvalue weighted by atomic mass is 10.2. The summed E-state index contributed by atoms with van der Waals surface area (Å²) in [6.45, 7) is 13.3. The van der Waals surface area contributed by atoms with Crippen LogP contribution in [0.5, 0.6) is 0 Å². The Balaban J connectivity index is 2.20. The zero-order valence-corrected chi connectivity index (χ0v) is 12.8. The number of aryl methyl sites for hydroxylation is 1. The number of allylic oxidation sites excluding steroid dienone is 4. The van der Waals surface area contributed by atoms with Crippen molar-refractivity contribution >= 4 is 5.69 Å². The number of hydrogen-bond donors (Lipinski definition) is 0. The second-order valence-electron chi connectivity index (χ2n) is 5.23. The van der Waals surface area contributed by atoms with Crippen molar-refractivity contribution in [1.29, 1.82) is 0 Å². The van der Waals surface area contributed by atoms with Crippen LogP contribution in [0.15, 0.2) is 60.3 Å². The SMILES string of the molecule is C=C/C(C)=C(\C=C/C)N1CCN(c2ccccc2C)C1. The zero-order chi connectivity index (χ0) is 14.5. The molecule has 106 valence electrons. The van der Waals surface area contributed by atoms with Crippen molar-refractivity contribution in [3.63, 3.8) is 0 Å². The fourth-order valence-electron chi connectivity index (χ4n) is 2.65. The molecule has 2 heteroatoms. The second-order valence-corrected chi connectivity index (χ2v) is 5.23. The van der Waals surface area contributed by atoms with Crippen molar-refractivity contribution in [3.8, 4) is 0 Å². The van der Waals surface area contributed by atoms with E-state index in [1.54, 1.807) is 0 Å². The van der Waals surface area contributed by atoms with E-state index in [9.17, 15) is 0 Å². The summed E-state index contributed by atoms with van der Waals surface area (Å²) in [5, 5.41) is 0. The molecular weight excluding hydrogens is 244 g/mol. The van der Waals surface area contributed by atoms with Crippen molar-refractivity contribution in [2.45, 2.75) is 20.8 Å². The lowest BCUT2D eigenvalue weighted by Crippen LogP contribution is -2.25. The largest absolute Gasteiger partial charge is 0.352 e. The van der Waals surface area contributed by atoms with E-state index in [2.05, 4.69) is 73.6 Å². The first-order chi connectivity index (χ1) is 9.67. The van der Waals surface area contributed by atoms with E-state index in [4.69, 9.17) is 0 Å². The van der Waals surface area contributed by atoms with Crippen LogP contribution in [-0.4, -0.2) is 24.7 Å². The minimum absolute atomic E-state index is 0.940. The molecule has 20 heavy (non-hydrogen) atoms. The predicted molar refractivity (Wildman–Crippen MR) is 87.8 cm³/mol. The maximum absolute atomic E-state index is 3.89. The van der Waals surface area contributed by atoms with Crippen molar-refractivity contribution in [2.75, 3.05) is 24.7 Å². The number of anilines is 1. The molecule has 0 spiro atoms. The zero-order valence-electron chi connectivity index (χ0n) is 12.8. The summed E-state index contributed by atoms with van der Waals surface area (Å²) in [5.74, 6) is 0. The van der Waals surface area contributed by atoms with E-state index in [0.717, 1.165) is 19.8 Å². The van der Waals surface area contributed by atoms with Gasteiger partial charge in [0.2, 0.25) is 0 Å². The van der Waals surface area contributed by atoms with Gasteiger partial charge in [0.25, 0.3) is 0 Å². The van der Waals surface area contributed by atoms with Crippen LogP contribution < -0.4 is 4.90 Å². The quantitative estimate of drug-likeness (QED) is 0.758. The van der Waals surface area contributed by atoms with Crippen molar-refractivity contribution in [2.24, 2.45) is 0 Å². The first kappa shape index (κ1) is 14.4. The van der Waals surface area contributed by atoms with E-state index in [0.29, 0.717) is 0 Å². The summed E-state index contributed by atoms with van der Waals surface area (Å²) < 4.78 is 0. The van der Waals surface area contributed by atoms with Crippen LogP contribution in [-0.2, 0) is 0 Å². The van der Waals surface area contributed by atoms with Crippen LogP contribution >= 0.6 is 0 Å². The molecule has 1 aromatic rings. The van der Waals surface area contributed by atoms with Crippen LogP contribution in [0.1, 0.15) is 19.4 Å². The molecule has 0 unspecified atom stereocenters. The van der Waals surface area contributed by atoms with Crippen molar-refractivity contribution in [1.82, 2.24) is 4.90 Å². The first-order valence-electron chi connectivity index (χ1n) is 7.19. The Labute approximate surface area is 122 Å². The number of rotatable bonds is 4. The number of hydrogen-bond acceptors (Lipinski definition) is 2. The van der Waals surface area contributed by atoms with Crippen LogP contribution in [0, 0.1) is 6.92 Å². The fraction of sp³-hybridized carbons (Fsp3) is 0.333. The van der Waals surface area contributed by atoms with E-state index in [1.165, 1.54) is 22.5 Å². The highest BCUT2D eigenvalue weighted by Gasteiger charge is 2.22. The second kappa shape index (κ2) is 6.47. The van der Waals surface area contributed by atoms with Gasteiger partial charge in [0.15, 0.2) is 0 Å². The molecule has 0 amide bonds. The molecule has 1 fully saturated rings. The summed E-state index contributed by atoms with van der Waals surface area (Å²) >= 11 is 0. The third-order valence-corrected chi connectivity index (χ3v) is 3.81. The smallest absolute Gasteiger partial charge is 0.0904 e. The highest BCUT2D eigenvalue weighted by Crippen LogP contribution is 2.25. The average molecular weight is 268 g/mol. The van der Waals surface area contributed by atoms with Gasteiger partial charge in [-0.05, 0) is 44.1 Å². The third kappa shape index (κ3) is 2.96. The lowest BCUT2D eigenvalue weighted by Gasteiger charge is -2.24. The summed E-state index contributed by atoms with van der Waals surface area (Å²) in [4.78, 5) is 4.86. The average Bonchev–Trinajstić information content (AvgIpc) is 2.93. The van der Waals surface area contributed by atoms with E-state index in [-0.39, 0.29) is 0 Å². The van der Waals surface area contributed by atoms with Gasteiger partial charge in [-0.1, -0.05) is 36.9 Å². The predicted octanol–water partition coefficient (Wildman–Crippen LogP) is 4.11. The van der Waals surface area contributed by atoms with Crippen LogP contribution in [0.2, 0.25) is 0 Å². The van der Waals surface area contributed by atoms with E-state index in [1.807, 2.05) is 6.08 Å². The van der Waals surface area contributed by atoms with Crippen LogP contribution in [0.25, 0.3) is 0 Å². The fourth-order valence-corrected chi connectivity index (χ4v) is 2.65. The normalized spacial score (nSPS) is 16.8. The molecule has 1 aliphatic heterocycles. The van der Waals surface area contributed by atoms with Gasteiger partial charge in [-0.3, -0.25) is 0 Å². The summed E-state index contributed by atoms with van der Waals surface area (Å²) in [5.41, 5.74) is 5.19. The molecule has 0 aliphatic carbocycles. The molecular formula is C18H24N2. The minimum atomic E-state index is 0.940. The summed E-state index contributed by atoms with van der Waals surface area (Å²) in [7, 11) is 0. The maximum Gasteiger partial charge on any atom is 0.0904 e. The topological polar surface area (TPSA) is 6.48 Å². The number of para-hydroxylation sites is 1. The Morgan fingerprint density at radius 3 is 2.65 bits per heavy atom. The van der Waals surface area contributed by atoms with Crippen molar-refractivity contribution in [3.05, 3.63) is 65.9 Å². The molecule has 1 aliphatic rings. The molecule has 0 radical (unpaired) electrons. The van der Waals surface area contributed by atoms with E-state index < -0.39 is 0 Å². The Kier molecular flexibility index (Phi) is 4.67. The van der Waals surface area contributed by atoms with Gasteiger partial charge in [-0.25, -0.2) is 0 Å². The molecule has 2 nitrogen and oxygen atoms in total. The Morgan fingerprint density at radius 2 is 2.00 bits per heavy atom. The number of nitrogens with zero attached hydrogens (tertiary/aromatic N) is 2. The number of benzene rings is 1. The summed E-state index contributed by atoms with van der Waals surface area (Å²) in [6.07, 6.45) is 6.21. The molecule has 1 saturated heterocycles. The van der Waals surface area contributed by atoms with Gasteiger partial charge in [0, 0.05) is 24.5 Å². The van der Waals surface area contributed by atoms with E-state index >= 15 is 0 Å². The van der Waals surface area contributed by atoms with Gasteiger partial charge in [0.1, 0.15) is 0 Å². The third-order valence-electron chi connectivity index (χ3n) is 3.81. The molecule has 0 atom stereocenters. The lowest BCUT2D eigenvalue weighted by molar-refractivity contribution is 0.440. The van der Waals surface area contributed by atoms with Gasteiger partial charge in [0.05, 0.1) is 6.67 Å². The van der Waals surface area contributed by atoms with Crippen LogP contribution in [0.3, 0.4) is 0 Å². The van der Waals surface area contributed by atoms with Gasteiger partial charge < -0.3 is 9.80 Å². The minimum Gasteiger partial charge on any atom is -0.352 e. The molecule has 0 aromatic heterocycles. The van der Waals surface area contributed by atoms with Gasteiger partial charge >= 0.3 is 0 Å². The van der Waals surface area contributed by atoms with Crippen LogP contribution in [0.4, 0.5) is 5.69 Å². The maximum atomic E-state index is 3.89. The van der Waals surface area contributed by atoms with Gasteiger partial charge in [-0.15, -0.1) is 0 Å². The molecule has 0 N–H and O–H groups in total. The molecule has 2 rings (SSSR count).